The van der Waals surface area contributed by atoms with Gasteiger partial charge in [-0.2, -0.15) is 0 Å². The Labute approximate surface area is 142 Å². The predicted molar refractivity (Wildman–Crippen MR) is 91.0 cm³/mol. The fourth-order valence-electron chi connectivity index (χ4n) is 2.88. The van der Waals surface area contributed by atoms with Crippen LogP contribution in [0.3, 0.4) is 0 Å². The van der Waals surface area contributed by atoms with Crippen molar-refractivity contribution in [3.63, 3.8) is 0 Å². The maximum Gasteiger partial charge on any atom is 0.290 e. The first-order valence-electron chi connectivity index (χ1n) is 7.97. The van der Waals surface area contributed by atoms with Crippen LogP contribution in [-0.2, 0) is 9.59 Å². The summed E-state index contributed by atoms with van der Waals surface area (Å²) in [5, 5.41) is 10.3. The van der Waals surface area contributed by atoms with Crippen LogP contribution in [0, 0.1) is 0 Å². The van der Waals surface area contributed by atoms with Gasteiger partial charge in [-0.25, -0.2) is 0 Å². The molecule has 6 nitrogen and oxygen atoms in total. The second-order valence-corrected chi connectivity index (χ2v) is 5.99. The van der Waals surface area contributed by atoms with E-state index in [0.717, 1.165) is 0 Å². The Morgan fingerprint density at radius 3 is 2.58 bits per heavy atom. The molecular formula is C18H24N2O4. The van der Waals surface area contributed by atoms with E-state index in [1.54, 1.807) is 20.1 Å². The number of carbonyl (C=O) groups is 2. The molecule has 0 saturated carbocycles. The van der Waals surface area contributed by atoms with Crippen LogP contribution in [0.25, 0.3) is 0 Å². The number of amides is 1. The summed E-state index contributed by atoms with van der Waals surface area (Å²) >= 11 is 0. The van der Waals surface area contributed by atoms with Crippen LogP contribution in [0.1, 0.15) is 24.9 Å². The Kier molecular flexibility index (Phi) is 5.62. The van der Waals surface area contributed by atoms with Gasteiger partial charge in [-0.05, 0) is 20.2 Å². The number of aliphatic hydroxyl groups excluding tert-OH is 1. The average Bonchev–Trinajstić information content (AvgIpc) is 2.83. The molecule has 0 radical (unpaired) electrons. The Bertz CT molecular complexity index is 667. The molecule has 0 aliphatic carbocycles. The van der Waals surface area contributed by atoms with Crippen LogP contribution in [-0.4, -0.2) is 60.9 Å². The molecule has 2 rings (SSSR count). The van der Waals surface area contributed by atoms with Crippen LogP contribution in [0.15, 0.2) is 35.6 Å². The van der Waals surface area contributed by atoms with Gasteiger partial charge in [0.2, 0.25) is 0 Å². The van der Waals surface area contributed by atoms with Gasteiger partial charge in [-0.3, -0.25) is 9.59 Å². The lowest BCUT2D eigenvalue weighted by Gasteiger charge is -2.28. The number of para-hydroxylation sites is 1. The molecule has 1 aliphatic rings. The Morgan fingerprint density at radius 2 is 2.00 bits per heavy atom. The molecule has 1 amide bonds. The number of nitrogens with zero attached hydrogens (tertiary/aromatic N) is 2. The number of ether oxygens (including phenoxy) is 1. The largest absolute Gasteiger partial charge is 0.503 e. The van der Waals surface area contributed by atoms with E-state index in [1.165, 1.54) is 4.90 Å². The predicted octanol–water partition coefficient (Wildman–Crippen LogP) is 1.93. The molecule has 0 aromatic heterocycles. The first-order chi connectivity index (χ1) is 11.4. The molecule has 0 fully saturated rings. The number of aliphatic hydroxyl groups is 1. The van der Waals surface area contributed by atoms with Gasteiger partial charge in [0.1, 0.15) is 5.75 Å². The normalized spacial score (nSPS) is 17.8. The zero-order chi connectivity index (χ0) is 17.9. The van der Waals surface area contributed by atoms with Crippen molar-refractivity contribution in [1.29, 1.82) is 0 Å². The first-order valence-corrected chi connectivity index (χ1v) is 7.97. The van der Waals surface area contributed by atoms with Crippen LogP contribution in [0.2, 0.25) is 0 Å². The molecule has 24 heavy (non-hydrogen) atoms. The lowest BCUT2D eigenvalue weighted by atomic mass is 9.94. The maximum atomic E-state index is 12.5. The molecule has 1 aliphatic heterocycles. The molecule has 0 bridgehead atoms. The van der Waals surface area contributed by atoms with Crippen LogP contribution >= 0.6 is 0 Å². The monoisotopic (exact) mass is 332 g/mol. The summed E-state index contributed by atoms with van der Waals surface area (Å²) < 4.78 is 5.40. The first kappa shape index (κ1) is 18.0. The third-order valence-electron chi connectivity index (χ3n) is 4.15. The summed E-state index contributed by atoms with van der Waals surface area (Å²) in [6.45, 7) is 2.74. The molecule has 1 heterocycles. The number of likely N-dealkylation sites (N-methyl/N-ethyl adjacent to an activating group) is 1. The minimum absolute atomic E-state index is 0.158. The second kappa shape index (κ2) is 7.49. The third kappa shape index (κ3) is 3.28. The molecule has 1 atom stereocenters. The van der Waals surface area contributed by atoms with Gasteiger partial charge in [0, 0.05) is 25.1 Å². The number of Topliss-reactive ketones (excluding diaryl/α,β-unsaturated/α-hetero) is 1. The lowest BCUT2D eigenvalue weighted by Crippen LogP contribution is -2.36. The number of carbonyl (C=O) groups excluding carboxylic acids is 2. The van der Waals surface area contributed by atoms with E-state index in [9.17, 15) is 14.7 Å². The second-order valence-electron chi connectivity index (χ2n) is 5.99. The highest BCUT2D eigenvalue weighted by Crippen LogP contribution is 2.41. The van der Waals surface area contributed by atoms with Crippen LogP contribution in [0.4, 0.5) is 0 Å². The Balaban J connectivity index is 2.53. The molecule has 0 saturated heterocycles. The number of benzene rings is 1. The fourth-order valence-corrected chi connectivity index (χ4v) is 2.88. The van der Waals surface area contributed by atoms with Gasteiger partial charge in [0.25, 0.3) is 5.91 Å². The van der Waals surface area contributed by atoms with E-state index in [1.807, 2.05) is 37.2 Å². The molecule has 130 valence electrons. The maximum absolute atomic E-state index is 12.5. The van der Waals surface area contributed by atoms with Gasteiger partial charge >= 0.3 is 0 Å². The third-order valence-corrected chi connectivity index (χ3v) is 4.15. The zero-order valence-corrected chi connectivity index (χ0v) is 14.6. The van der Waals surface area contributed by atoms with Crippen molar-refractivity contribution in [3.05, 3.63) is 41.2 Å². The molecular weight excluding hydrogens is 308 g/mol. The van der Waals surface area contributed by atoms with E-state index in [4.69, 9.17) is 4.74 Å². The standard InChI is InChI=1S/C18H24N2O4/c1-5-13(21)15-16(12-8-6-7-9-14(12)24-4)20(11-10-19(2)3)18(23)17(15)22/h6-9,16,22H,5,10-11H2,1-4H3. The fraction of sp³-hybridized carbons (Fsp3) is 0.444. The SMILES string of the molecule is CCC(=O)C1=C(O)C(=O)N(CCN(C)C)C1c1ccccc1OC. The van der Waals surface area contributed by atoms with Crippen molar-refractivity contribution in [2.45, 2.75) is 19.4 Å². The molecule has 1 aromatic rings. The summed E-state index contributed by atoms with van der Waals surface area (Å²) in [6, 6.07) is 6.64. The summed E-state index contributed by atoms with van der Waals surface area (Å²) in [6.07, 6.45) is 0.222. The van der Waals surface area contributed by atoms with E-state index < -0.39 is 17.7 Å². The number of rotatable bonds is 7. The van der Waals surface area contributed by atoms with Gasteiger partial charge in [-0.1, -0.05) is 25.1 Å². The van der Waals surface area contributed by atoms with Crippen molar-refractivity contribution in [2.75, 3.05) is 34.3 Å². The molecule has 1 aromatic carbocycles. The van der Waals surface area contributed by atoms with Crippen LogP contribution in [0.5, 0.6) is 5.75 Å². The number of methoxy groups -OCH3 is 1. The quantitative estimate of drug-likeness (QED) is 0.826. The van der Waals surface area contributed by atoms with E-state index in [0.29, 0.717) is 24.4 Å². The van der Waals surface area contributed by atoms with Crippen molar-refractivity contribution in [3.8, 4) is 5.75 Å². The van der Waals surface area contributed by atoms with E-state index >= 15 is 0 Å². The van der Waals surface area contributed by atoms with Crippen molar-refractivity contribution in [1.82, 2.24) is 9.80 Å². The smallest absolute Gasteiger partial charge is 0.290 e. The molecule has 6 heteroatoms. The van der Waals surface area contributed by atoms with Crippen LogP contribution < -0.4 is 4.74 Å². The van der Waals surface area contributed by atoms with Gasteiger partial charge in [0.05, 0.1) is 18.7 Å². The van der Waals surface area contributed by atoms with Gasteiger partial charge in [0.15, 0.2) is 11.5 Å². The van der Waals surface area contributed by atoms with E-state index in [2.05, 4.69) is 0 Å². The summed E-state index contributed by atoms with van der Waals surface area (Å²) in [5.74, 6) is -0.605. The van der Waals surface area contributed by atoms with Gasteiger partial charge in [-0.15, -0.1) is 0 Å². The highest BCUT2D eigenvalue weighted by Gasteiger charge is 2.43. The minimum atomic E-state index is -0.624. The number of hydrogen-bond donors (Lipinski definition) is 1. The van der Waals surface area contributed by atoms with Crippen molar-refractivity contribution >= 4 is 11.7 Å². The van der Waals surface area contributed by atoms with E-state index in [-0.39, 0.29) is 17.8 Å². The molecule has 0 spiro atoms. The average molecular weight is 332 g/mol. The van der Waals surface area contributed by atoms with Crippen molar-refractivity contribution in [2.24, 2.45) is 0 Å². The Hall–Kier alpha value is -2.34. The topological polar surface area (TPSA) is 70.1 Å². The highest BCUT2D eigenvalue weighted by molar-refractivity contribution is 6.08. The lowest BCUT2D eigenvalue weighted by molar-refractivity contribution is -0.129. The highest BCUT2D eigenvalue weighted by atomic mass is 16.5. The Morgan fingerprint density at radius 1 is 1.33 bits per heavy atom. The number of hydrogen-bond acceptors (Lipinski definition) is 5. The van der Waals surface area contributed by atoms with Crippen molar-refractivity contribution < 1.29 is 19.4 Å². The molecule has 1 unspecified atom stereocenters. The summed E-state index contributed by atoms with van der Waals surface area (Å²) in [5.41, 5.74) is 0.860. The summed E-state index contributed by atoms with van der Waals surface area (Å²) in [4.78, 5) is 28.4. The summed E-state index contributed by atoms with van der Waals surface area (Å²) in [7, 11) is 5.36. The zero-order valence-electron chi connectivity index (χ0n) is 14.6. The van der Waals surface area contributed by atoms with Gasteiger partial charge < -0.3 is 19.6 Å². The number of ketones is 1. The minimum Gasteiger partial charge on any atom is -0.503 e. The molecule has 1 N–H and O–H groups in total.